The first-order chi connectivity index (χ1) is 7.89. The molecule has 0 aromatic rings. The minimum absolute atomic E-state index is 0.257. The van der Waals surface area contributed by atoms with Crippen LogP contribution in [0.3, 0.4) is 0 Å². The molecule has 1 aliphatic heterocycles. The highest BCUT2D eigenvalue weighted by atomic mass is 16.1. The van der Waals surface area contributed by atoms with Crippen molar-refractivity contribution in [3.8, 4) is 0 Å². The predicted octanol–water partition coefficient (Wildman–Crippen LogP) is 1.10. The molecule has 4 nitrogen and oxygen atoms in total. The third kappa shape index (κ3) is 3.68. The maximum Gasteiger partial charge on any atom is 0.238 e. The first-order valence-electron chi connectivity index (χ1n) is 6.70. The first kappa shape index (κ1) is 14.5. The molecule has 0 aliphatic carbocycles. The SMILES string of the molecule is CCC1CCCN1CC(C)(NC(C)C)C(N)=O. The van der Waals surface area contributed by atoms with Crippen LogP contribution in [0.4, 0.5) is 0 Å². The quantitative estimate of drug-likeness (QED) is 0.732. The highest BCUT2D eigenvalue weighted by Crippen LogP contribution is 2.22. The van der Waals surface area contributed by atoms with Crippen LogP contribution in [0.2, 0.25) is 0 Å². The van der Waals surface area contributed by atoms with Gasteiger partial charge in [-0.15, -0.1) is 0 Å². The van der Waals surface area contributed by atoms with Gasteiger partial charge in [-0.25, -0.2) is 0 Å². The van der Waals surface area contributed by atoms with Crippen LogP contribution < -0.4 is 11.1 Å². The van der Waals surface area contributed by atoms with Crippen LogP contribution >= 0.6 is 0 Å². The summed E-state index contributed by atoms with van der Waals surface area (Å²) in [6, 6.07) is 0.873. The summed E-state index contributed by atoms with van der Waals surface area (Å²) in [6.07, 6.45) is 3.62. The van der Waals surface area contributed by atoms with Crippen LogP contribution in [0.1, 0.15) is 47.0 Å². The molecule has 1 aliphatic rings. The van der Waals surface area contributed by atoms with E-state index in [-0.39, 0.29) is 11.9 Å². The van der Waals surface area contributed by atoms with Gasteiger partial charge < -0.3 is 11.1 Å². The van der Waals surface area contributed by atoms with Crippen LogP contribution in [-0.4, -0.2) is 41.5 Å². The van der Waals surface area contributed by atoms with E-state index < -0.39 is 5.54 Å². The van der Waals surface area contributed by atoms with Gasteiger partial charge in [-0.1, -0.05) is 6.92 Å². The van der Waals surface area contributed by atoms with Crippen molar-refractivity contribution in [2.45, 2.75) is 64.6 Å². The minimum Gasteiger partial charge on any atom is -0.368 e. The molecule has 0 spiro atoms. The van der Waals surface area contributed by atoms with Gasteiger partial charge in [0, 0.05) is 18.6 Å². The average molecular weight is 241 g/mol. The fraction of sp³-hybridized carbons (Fsp3) is 0.923. The fourth-order valence-electron chi connectivity index (χ4n) is 2.80. The van der Waals surface area contributed by atoms with Gasteiger partial charge >= 0.3 is 0 Å². The predicted molar refractivity (Wildman–Crippen MR) is 70.8 cm³/mol. The van der Waals surface area contributed by atoms with Gasteiger partial charge in [-0.05, 0) is 46.6 Å². The molecule has 0 aromatic carbocycles. The van der Waals surface area contributed by atoms with Crippen molar-refractivity contribution in [2.24, 2.45) is 5.73 Å². The highest BCUT2D eigenvalue weighted by Gasteiger charge is 2.36. The Morgan fingerprint density at radius 2 is 2.24 bits per heavy atom. The Balaban J connectivity index is 2.69. The van der Waals surface area contributed by atoms with Crippen molar-refractivity contribution >= 4 is 5.91 Å². The normalized spacial score (nSPS) is 25.1. The van der Waals surface area contributed by atoms with Gasteiger partial charge in [0.1, 0.15) is 5.54 Å². The molecule has 0 saturated carbocycles. The number of carbonyl (C=O) groups excluding carboxylic acids is 1. The molecule has 0 bridgehead atoms. The zero-order chi connectivity index (χ0) is 13.1. The van der Waals surface area contributed by atoms with E-state index in [2.05, 4.69) is 17.1 Å². The van der Waals surface area contributed by atoms with Gasteiger partial charge in [0.25, 0.3) is 0 Å². The van der Waals surface area contributed by atoms with Crippen LogP contribution in [-0.2, 0) is 4.79 Å². The molecule has 3 N–H and O–H groups in total. The molecule has 100 valence electrons. The van der Waals surface area contributed by atoms with Gasteiger partial charge in [-0.2, -0.15) is 0 Å². The number of carbonyl (C=O) groups is 1. The van der Waals surface area contributed by atoms with E-state index >= 15 is 0 Å². The Bertz CT molecular complexity index is 267. The van der Waals surface area contributed by atoms with Crippen molar-refractivity contribution in [1.29, 1.82) is 0 Å². The van der Waals surface area contributed by atoms with Crippen LogP contribution in [0, 0.1) is 0 Å². The maximum absolute atomic E-state index is 11.7. The van der Waals surface area contributed by atoms with E-state index in [1.54, 1.807) is 0 Å². The zero-order valence-corrected chi connectivity index (χ0v) is 11.6. The summed E-state index contributed by atoms with van der Waals surface area (Å²) >= 11 is 0. The third-order valence-electron chi connectivity index (χ3n) is 3.64. The Morgan fingerprint density at radius 3 is 2.71 bits per heavy atom. The molecular weight excluding hydrogens is 214 g/mol. The third-order valence-corrected chi connectivity index (χ3v) is 3.64. The molecule has 0 aromatic heterocycles. The summed E-state index contributed by atoms with van der Waals surface area (Å²) in [5.74, 6) is -0.257. The summed E-state index contributed by atoms with van der Waals surface area (Å²) in [6.45, 7) is 10.0. The number of rotatable bonds is 6. The van der Waals surface area contributed by atoms with E-state index in [1.165, 1.54) is 12.8 Å². The molecule has 1 saturated heterocycles. The molecule has 2 unspecified atom stereocenters. The van der Waals surface area contributed by atoms with Crippen molar-refractivity contribution in [3.05, 3.63) is 0 Å². The Labute approximate surface area is 105 Å². The smallest absolute Gasteiger partial charge is 0.238 e. The number of primary amides is 1. The van der Waals surface area contributed by atoms with Gasteiger partial charge in [0.05, 0.1) is 0 Å². The summed E-state index contributed by atoms with van der Waals surface area (Å²) in [4.78, 5) is 14.1. The maximum atomic E-state index is 11.7. The molecule has 0 radical (unpaired) electrons. The second-order valence-electron chi connectivity index (χ2n) is 5.67. The summed E-state index contributed by atoms with van der Waals surface area (Å²) in [7, 11) is 0. The topological polar surface area (TPSA) is 58.4 Å². The molecular formula is C13H27N3O. The molecule has 1 fully saturated rings. The van der Waals surface area contributed by atoms with Crippen LogP contribution in [0.25, 0.3) is 0 Å². The molecule has 17 heavy (non-hydrogen) atoms. The van der Waals surface area contributed by atoms with E-state index in [0.29, 0.717) is 6.04 Å². The standard InChI is InChI=1S/C13H27N3O/c1-5-11-7-6-8-16(11)9-13(4,12(14)17)15-10(2)3/h10-11,15H,5-9H2,1-4H3,(H2,14,17). The Hall–Kier alpha value is -0.610. The molecule has 4 heteroatoms. The lowest BCUT2D eigenvalue weighted by Crippen LogP contribution is -2.61. The highest BCUT2D eigenvalue weighted by molar-refractivity contribution is 5.84. The van der Waals surface area contributed by atoms with Crippen LogP contribution in [0.15, 0.2) is 0 Å². The number of hydrogen-bond acceptors (Lipinski definition) is 3. The number of amides is 1. The number of nitrogens with two attached hydrogens (primary N) is 1. The summed E-state index contributed by atoms with van der Waals surface area (Å²) < 4.78 is 0. The number of nitrogens with one attached hydrogen (secondary N) is 1. The van der Waals surface area contributed by atoms with E-state index in [4.69, 9.17) is 5.73 Å². The van der Waals surface area contributed by atoms with Crippen molar-refractivity contribution in [3.63, 3.8) is 0 Å². The van der Waals surface area contributed by atoms with Gasteiger partial charge in [0.2, 0.25) is 5.91 Å². The van der Waals surface area contributed by atoms with Crippen molar-refractivity contribution in [1.82, 2.24) is 10.2 Å². The van der Waals surface area contributed by atoms with Gasteiger partial charge in [-0.3, -0.25) is 9.69 Å². The second-order valence-corrected chi connectivity index (χ2v) is 5.67. The monoisotopic (exact) mass is 241 g/mol. The van der Waals surface area contributed by atoms with Gasteiger partial charge in [0.15, 0.2) is 0 Å². The fourth-order valence-corrected chi connectivity index (χ4v) is 2.80. The average Bonchev–Trinajstić information content (AvgIpc) is 2.63. The Kier molecular flexibility index (Phi) is 4.95. The lowest BCUT2D eigenvalue weighted by molar-refractivity contribution is -0.125. The number of hydrogen-bond donors (Lipinski definition) is 2. The summed E-state index contributed by atoms with van der Waals surface area (Å²) in [5, 5.41) is 3.31. The molecule has 2 atom stereocenters. The van der Waals surface area contributed by atoms with Crippen molar-refractivity contribution in [2.75, 3.05) is 13.1 Å². The number of likely N-dealkylation sites (tertiary alicyclic amines) is 1. The second kappa shape index (κ2) is 5.83. The molecule has 1 rings (SSSR count). The Morgan fingerprint density at radius 1 is 1.59 bits per heavy atom. The minimum atomic E-state index is -0.619. The van der Waals surface area contributed by atoms with E-state index in [1.807, 2.05) is 20.8 Å². The first-order valence-corrected chi connectivity index (χ1v) is 6.70. The summed E-state index contributed by atoms with van der Waals surface area (Å²) in [5.41, 5.74) is 4.94. The van der Waals surface area contributed by atoms with E-state index in [9.17, 15) is 4.79 Å². The molecule has 1 heterocycles. The largest absolute Gasteiger partial charge is 0.368 e. The zero-order valence-electron chi connectivity index (χ0n) is 11.6. The van der Waals surface area contributed by atoms with Crippen LogP contribution in [0.5, 0.6) is 0 Å². The van der Waals surface area contributed by atoms with Crippen molar-refractivity contribution < 1.29 is 4.79 Å². The lowest BCUT2D eigenvalue weighted by Gasteiger charge is -2.36. The van der Waals surface area contributed by atoms with E-state index in [0.717, 1.165) is 19.5 Å². The number of nitrogens with zero attached hydrogens (tertiary/aromatic N) is 1. The molecule has 1 amide bonds. The lowest BCUT2D eigenvalue weighted by atomic mass is 9.98.